The third kappa shape index (κ3) is 2.34. The van der Waals surface area contributed by atoms with Crippen LogP contribution < -0.4 is 0 Å². The van der Waals surface area contributed by atoms with E-state index in [1.54, 1.807) is 6.20 Å². The Hall–Kier alpha value is -1.97. The topological polar surface area (TPSA) is 50.8 Å². The number of rotatable bonds is 3. The van der Waals surface area contributed by atoms with Crippen LogP contribution >= 0.6 is 0 Å². The highest BCUT2D eigenvalue weighted by atomic mass is 16.5. The van der Waals surface area contributed by atoms with E-state index < -0.39 is 0 Å². The van der Waals surface area contributed by atoms with Crippen LogP contribution in [0.2, 0.25) is 0 Å². The van der Waals surface area contributed by atoms with Crippen LogP contribution in [0.1, 0.15) is 24.3 Å². The van der Waals surface area contributed by atoms with Crippen molar-refractivity contribution in [3.8, 4) is 0 Å². The fourth-order valence-electron chi connectivity index (χ4n) is 1.42. The summed E-state index contributed by atoms with van der Waals surface area (Å²) in [6.45, 7) is 3.84. The summed E-state index contributed by atoms with van der Waals surface area (Å²) in [6.07, 6.45) is 1.68. The SMILES string of the molecule is Cc1oncc1C(C)N=Nc1ccccc1. The van der Waals surface area contributed by atoms with Crippen LogP contribution in [0.15, 0.2) is 51.3 Å². The molecule has 2 aromatic rings. The van der Waals surface area contributed by atoms with Gasteiger partial charge in [-0.1, -0.05) is 23.4 Å². The van der Waals surface area contributed by atoms with Gasteiger partial charge in [0, 0.05) is 5.56 Å². The molecule has 1 unspecified atom stereocenters. The number of nitrogens with zero attached hydrogens (tertiary/aromatic N) is 3. The highest BCUT2D eigenvalue weighted by molar-refractivity contribution is 5.34. The molecule has 82 valence electrons. The quantitative estimate of drug-likeness (QED) is 0.730. The van der Waals surface area contributed by atoms with Gasteiger partial charge in [0.25, 0.3) is 0 Å². The number of azo groups is 1. The van der Waals surface area contributed by atoms with Gasteiger partial charge >= 0.3 is 0 Å². The van der Waals surface area contributed by atoms with Crippen molar-refractivity contribution in [1.29, 1.82) is 0 Å². The molecule has 0 aliphatic rings. The first-order valence-corrected chi connectivity index (χ1v) is 5.14. The average molecular weight is 215 g/mol. The molecule has 0 spiro atoms. The van der Waals surface area contributed by atoms with Crippen molar-refractivity contribution in [3.63, 3.8) is 0 Å². The third-order valence-corrected chi connectivity index (χ3v) is 2.34. The van der Waals surface area contributed by atoms with Crippen molar-refractivity contribution in [2.24, 2.45) is 10.2 Å². The first-order valence-electron chi connectivity index (χ1n) is 5.14. The summed E-state index contributed by atoms with van der Waals surface area (Å²) in [7, 11) is 0. The number of hydrogen-bond donors (Lipinski definition) is 0. The Balaban J connectivity index is 2.11. The van der Waals surface area contributed by atoms with E-state index in [2.05, 4.69) is 15.4 Å². The number of aryl methyl sites for hydroxylation is 1. The monoisotopic (exact) mass is 215 g/mol. The summed E-state index contributed by atoms with van der Waals surface area (Å²) in [5.41, 5.74) is 1.82. The minimum absolute atomic E-state index is 0.0357. The van der Waals surface area contributed by atoms with Gasteiger partial charge in [0.05, 0.1) is 17.9 Å². The van der Waals surface area contributed by atoms with Crippen LogP contribution in [0.3, 0.4) is 0 Å². The van der Waals surface area contributed by atoms with E-state index >= 15 is 0 Å². The maximum absolute atomic E-state index is 4.99. The molecule has 0 aliphatic carbocycles. The molecule has 0 radical (unpaired) electrons. The van der Waals surface area contributed by atoms with Crippen molar-refractivity contribution in [2.75, 3.05) is 0 Å². The maximum atomic E-state index is 4.99. The highest BCUT2D eigenvalue weighted by Gasteiger charge is 2.10. The molecule has 0 fully saturated rings. The molecule has 0 bridgehead atoms. The molecule has 1 atom stereocenters. The Morgan fingerprint density at radius 3 is 2.62 bits per heavy atom. The molecular weight excluding hydrogens is 202 g/mol. The van der Waals surface area contributed by atoms with Gasteiger partial charge < -0.3 is 4.52 Å². The van der Waals surface area contributed by atoms with Gasteiger partial charge in [-0.15, -0.1) is 0 Å². The molecule has 4 nitrogen and oxygen atoms in total. The molecule has 1 aromatic carbocycles. The van der Waals surface area contributed by atoms with Gasteiger partial charge in [-0.3, -0.25) is 0 Å². The zero-order valence-corrected chi connectivity index (χ0v) is 9.29. The van der Waals surface area contributed by atoms with Gasteiger partial charge in [-0.2, -0.15) is 10.2 Å². The van der Waals surface area contributed by atoms with E-state index in [1.807, 2.05) is 44.2 Å². The minimum atomic E-state index is -0.0357. The van der Waals surface area contributed by atoms with E-state index in [-0.39, 0.29) is 6.04 Å². The normalized spacial score (nSPS) is 13.1. The van der Waals surface area contributed by atoms with Crippen molar-refractivity contribution in [1.82, 2.24) is 5.16 Å². The summed E-state index contributed by atoms with van der Waals surface area (Å²) in [5.74, 6) is 0.791. The Morgan fingerprint density at radius 1 is 1.25 bits per heavy atom. The van der Waals surface area contributed by atoms with Crippen molar-refractivity contribution in [3.05, 3.63) is 47.9 Å². The highest BCUT2D eigenvalue weighted by Crippen LogP contribution is 2.22. The van der Waals surface area contributed by atoms with E-state index in [0.717, 1.165) is 17.0 Å². The molecule has 0 saturated heterocycles. The molecule has 1 aromatic heterocycles. The predicted molar refractivity (Wildman–Crippen MR) is 60.6 cm³/mol. The second-order valence-electron chi connectivity index (χ2n) is 3.56. The molecule has 0 amide bonds. The fraction of sp³-hybridized carbons (Fsp3) is 0.250. The van der Waals surface area contributed by atoms with Gasteiger partial charge in [-0.25, -0.2) is 0 Å². The lowest BCUT2D eigenvalue weighted by Crippen LogP contribution is -1.87. The lowest BCUT2D eigenvalue weighted by molar-refractivity contribution is 0.395. The van der Waals surface area contributed by atoms with Crippen LogP contribution in [0.4, 0.5) is 5.69 Å². The summed E-state index contributed by atoms with van der Waals surface area (Å²) < 4.78 is 4.99. The Morgan fingerprint density at radius 2 is 2.00 bits per heavy atom. The summed E-state index contributed by atoms with van der Waals surface area (Å²) in [4.78, 5) is 0. The van der Waals surface area contributed by atoms with Crippen LogP contribution in [0, 0.1) is 6.92 Å². The van der Waals surface area contributed by atoms with E-state index in [1.165, 1.54) is 0 Å². The van der Waals surface area contributed by atoms with Crippen molar-refractivity contribution in [2.45, 2.75) is 19.9 Å². The zero-order chi connectivity index (χ0) is 11.4. The second kappa shape index (κ2) is 4.70. The van der Waals surface area contributed by atoms with Crippen LogP contribution in [-0.2, 0) is 0 Å². The summed E-state index contributed by atoms with van der Waals surface area (Å²) >= 11 is 0. The molecule has 0 aliphatic heterocycles. The molecule has 0 saturated carbocycles. The number of hydrogen-bond acceptors (Lipinski definition) is 4. The van der Waals surface area contributed by atoms with Crippen LogP contribution in [-0.4, -0.2) is 5.16 Å². The van der Waals surface area contributed by atoms with Crippen LogP contribution in [0.5, 0.6) is 0 Å². The minimum Gasteiger partial charge on any atom is -0.361 e. The predicted octanol–water partition coefficient (Wildman–Crippen LogP) is 3.83. The zero-order valence-electron chi connectivity index (χ0n) is 9.29. The van der Waals surface area contributed by atoms with E-state index in [4.69, 9.17) is 4.52 Å². The van der Waals surface area contributed by atoms with Gasteiger partial charge in [-0.05, 0) is 26.0 Å². The maximum Gasteiger partial charge on any atom is 0.139 e. The van der Waals surface area contributed by atoms with Crippen molar-refractivity contribution < 1.29 is 4.52 Å². The molecule has 1 heterocycles. The second-order valence-corrected chi connectivity index (χ2v) is 3.56. The fourth-order valence-corrected chi connectivity index (χ4v) is 1.42. The Labute approximate surface area is 94.0 Å². The molecule has 0 N–H and O–H groups in total. The van der Waals surface area contributed by atoms with Crippen molar-refractivity contribution >= 4 is 5.69 Å². The molecule has 2 rings (SSSR count). The Kier molecular flexibility index (Phi) is 3.10. The number of aromatic nitrogens is 1. The molecular formula is C12H13N3O. The van der Waals surface area contributed by atoms with Crippen LogP contribution in [0.25, 0.3) is 0 Å². The average Bonchev–Trinajstić information content (AvgIpc) is 2.74. The van der Waals surface area contributed by atoms with Gasteiger partial charge in [0.2, 0.25) is 0 Å². The smallest absolute Gasteiger partial charge is 0.139 e. The van der Waals surface area contributed by atoms with E-state index in [0.29, 0.717) is 0 Å². The first kappa shape index (κ1) is 10.5. The number of benzene rings is 1. The third-order valence-electron chi connectivity index (χ3n) is 2.34. The summed E-state index contributed by atoms with van der Waals surface area (Å²) in [5, 5.41) is 12.1. The summed E-state index contributed by atoms with van der Waals surface area (Å²) in [6, 6.07) is 9.61. The lowest BCUT2D eigenvalue weighted by Gasteiger charge is -2.01. The largest absolute Gasteiger partial charge is 0.361 e. The Bertz CT molecular complexity index is 476. The van der Waals surface area contributed by atoms with E-state index in [9.17, 15) is 0 Å². The first-order chi connectivity index (χ1) is 7.77. The van der Waals surface area contributed by atoms with Gasteiger partial charge in [0.15, 0.2) is 0 Å². The van der Waals surface area contributed by atoms with Gasteiger partial charge in [0.1, 0.15) is 5.76 Å². The standard InChI is InChI=1S/C12H13N3O/c1-9(12-8-13-16-10(12)2)14-15-11-6-4-3-5-7-11/h3-9H,1-2H3. The molecule has 16 heavy (non-hydrogen) atoms. The molecule has 4 heteroatoms. The lowest BCUT2D eigenvalue weighted by atomic mass is 10.1.